The van der Waals surface area contributed by atoms with Gasteiger partial charge in [0.05, 0.1) is 28.2 Å². The van der Waals surface area contributed by atoms with Gasteiger partial charge in [-0.25, -0.2) is 4.98 Å². The maximum atomic E-state index is 13.4. The number of imidazole rings is 1. The third kappa shape index (κ3) is 3.52. The van der Waals surface area contributed by atoms with Crippen LogP contribution in [-0.4, -0.2) is 40.1 Å². The van der Waals surface area contributed by atoms with Crippen LogP contribution in [0.25, 0.3) is 11.3 Å². The molecule has 2 aliphatic rings. The minimum Gasteiger partial charge on any atom is -0.496 e. The average molecular weight is 476 g/mol. The zero-order valence-electron chi connectivity index (χ0n) is 17.5. The van der Waals surface area contributed by atoms with E-state index in [1.807, 2.05) is 27.8 Å². The molecule has 1 aromatic heterocycles. The topological polar surface area (TPSA) is 47.4 Å². The molecule has 7 heteroatoms. The number of methoxy groups -OCH3 is 1. The lowest BCUT2D eigenvalue weighted by Crippen LogP contribution is -2.43. The highest BCUT2D eigenvalue weighted by Crippen LogP contribution is 2.46. The van der Waals surface area contributed by atoms with Gasteiger partial charge < -0.3 is 14.2 Å². The average Bonchev–Trinajstić information content (AvgIpc) is 3.33. The van der Waals surface area contributed by atoms with E-state index in [2.05, 4.69) is 44.1 Å². The van der Waals surface area contributed by atoms with Crippen LogP contribution in [0.3, 0.4) is 0 Å². The second-order valence-electron chi connectivity index (χ2n) is 8.48. The lowest BCUT2D eigenvalue weighted by atomic mass is 9.95. The molecule has 0 saturated carbocycles. The molecule has 5 nitrogen and oxygen atoms in total. The van der Waals surface area contributed by atoms with E-state index in [4.69, 9.17) is 9.72 Å². The number of halogens is 1. The minimum absolute atomic E-state index is 0.0306. The Morgan fingerprint density at radius 3 is 2.76 bits per heavy atom. The van der Waals surface area contributed by atoms with Crippen LogP contribution in [0, 0.1) is 0 Å². The Morgan fingerprint density at radius 1 is 1.38 bits per heavy atom. The highest BCUT2D eigenvalue weighted by molar-refractivity contribution is 9.10. The van der Waals surface area contributed by atoms with Crippen molar-refractivity contribution in [1.29, 1.82) is 0 Å². The lowest BCUT2D eigenvalue weighted by Gasteiger charge is -2.32. The van der Waals surface area contributed by atoms with Crippen LogP contribution in [0.4, 0.5) is 0 Å². The normalized spacial score (nSPS) is 17.8. The molecule has 0 N–H and O–H groups in total. The molecular formula is C22H26BrN3O2S. The number of rotatable bonds is 3. The predicted molar refractivity (Wildman–Crippen MR) is 122 cm³/mol. The Morgan fingerprint density at radius 2 is 2.14 bits per heavy atom. The Balaban J connectivity index is 1.89. The highest BCUT2D eigenvalue weighted by Gasteiger charge is 2.34. The van der Waals surface area contributed by atoms with Crippen LogP contribution in [0.15, 0.2) is 28.1 Å². The van der Waals surface area contributed by atoms with E-state index < -0.39 is 0 Å². The molecule has 29 heavy (non-hydrogen) atoms. The van der Waals surface area contributed by atoms with Crippen molar-refractivity contribution >= 4 is 33.6 Å². The van der Waals surface area contributed by atoms with Gasteiger partial charge in [0.15, 0.2) is 5.82 Å². The molecule has 2 aliphatic heterocycles. The number of carbonyl (C=O) groups is 1. The maximum absolute atomic E-state index is 13.4. The zero-order valence-corrected chi connectivity index (χ0v) is 19.9. The minimum atomic E-state index is -0.268. The maximum Gasteiger partial charge on any atom is 0.290 e. The molecule has 0 saturated heterocycles. The number of nitrogens with zero attached hydrogens (tertiary/aromatic N) is 3. The van der Waals surface area contributed by atoms with Crippen molar-refractivity contribution in [3.63, 3.8) is 0 Å². The van der Waals surface area contributed by atoms with Gasteiger partial charge >= 0.3 is 0 Å². The van der Waals surface area contributed by atoms with Gasteiger partial charge in [-0.1, -0.05) is 6.08 Å². The monoisotopic (exact) mass is 475 g/mol. The fraction of sp³-hybridized carbons (Fsp3) is 0.455. The molecule has 4 rings (SSSR count). The summed E-state index contributed by atoms with van der Waals surface area (Å²) in [7, 11) is 3.54. The summed E-state index contributed by atoms with van der Waals surface area (Å²) < 4.78 is 8.54. The van der Waals surface area contributed by atoms with E-state index in [9.17, 15) is 4.79 Å². The SMILES string of the molecule is COc1cc2c(cc1Br)-c1c(C3CC=CS3)nc(C(=O)N(C)C(C)(C)C)n1CC2. The first-order valence-electron chi connectivity index (χ1n) is 9.78. The number of hydrogen-bond acceptors (Lipinski definition) is 4. The van der Waals surface area contributed by atoms with Crippen LogP contribution >= 0.6 is 27.7 Å². The molecule has 0 aliphatic carbocycles. The standard InChI is InChI=1S/C22H26BrN3O2S/c1-22(2,3)25(4)21(27)20-24-18(17-7-6-10-29-17)19-14-12-15(23)16(28-5)11-13(14)8-9-26(19)20/h6,10-12,17H,7-9H2,1-5H3. The molecule has 2 aromatic rings. The quantitative estimate of drug-likeness (QED) is 0.592. The first-order chi connectivity index (χ1) is 13.7. The Labute approximate surface area is 184 Å². The van der Waals surface area contributed by atoms with Crippen LogP contribution < -0.4 is 4.74 Å². The number of amides is 1. The van der Waals surface area contributed by atoms with Crippen molar-refractivity contribution < 1.29 is 9.53 Å². The van der Waals surface area contributed by atoms with E-state index in [1.54, 1.807) is 23.8 Å². The number of allylic oxidation sites excluding steroid dienone is 1. The van der Waals surface area contributed by atoms with Crippen molar-refractivity contribution in [3.8, 4) is 17.0 Å². The summed E-state index contributed by atoms with van der Waals surface area (Å²) in [4.78, 5) is 20.1. The molecule has 0 spiro atoms. The molecular weight excluding hydrogens is 450 g/mol. The first-order valence-corrected chi connectivity index (χ1v) is 11.5. The van der Waals surface area contributed by atoms with Gasteiger partial charge in [0.1, 0.15) is 5.75 Å². The van der Waals surface area contributed by atoms with Crippen LogP contribution in [0.2, 0.25) is 0 Å². The molecule has 0 fully saturated rings. The molecule has 0 radical (unpaired) electrons. The Hall–Kier alpha value is -1.73. The number of carbonyl (C=O) groups excluding carboxylic acids is 1. The second kappa shape index (κ2) is 7.51. The van der Waals surface area contributed by atoms with Crippen LogP contribution in [0.5, 0.6) is 5.75 Å². The van der Waals surface area contributed by atoms with Crippen molar-refractivity contribution in [2.75, 3.05) is 14.2 Å². The fourth-order valence-corrected chi connectivity index (χ4v) is 5.22. The molecule has 1 aromatic carbocycles. The van der Waals surface area contributed by atoms with E-state index >= 15 is 0 Å². The summed E-state index contributed by atoms with van der Waals surface area (Å²) in [6.07, 6.45) is 3.96. The summed E-state index contributed by atoms with van der Waals surface area (Å²) >= 11 is 5.41. The summed E-state index contributed by atoms with van der Waals surface area (Å²) in [5, 5.41) is 2.37. The third-order valence-electron chi connectivity index (χ3n) is 5.73. The van der Waals surface area contributed by atoms with Crippen molar-refractivity contribution in [1.82, 2.24) is 14.5 Å². The van der Waals surface area contributed by atoms with Crippen molar-refractivity contribution in [2.45, 2.75) is 50.9 Å². The number of ether oxygens (including phenoxy) is 1. The first kappa shape index (κ1) is 20.5. The molecule has 1 amide bonds. The van der Waals surface area contributed by atoms with Gasteiger partial charge in [-0.3, -0.25) is 4.79 Å². The number of fused-ring (bicyclic) bond motifs is 3. The van der Waals surface area contributed by atoms with Gasteiger partial charge in [-0.2, -0.15) is 0 Å². The van der Waals surface area contributed by atoms with Crippen LogP contribution in [-0.2, 0) is 13.0 Å². The Bertz CT molecular complexity index is 998. The number of benzene rings is 1. The Kier molecular flexibility index (Phi) is 5.32. The summed E-state index contributed by atoms with van der Waals surface area (Å²) in [5.74, 6) is 1.34. The smallest absolute Gasteiger partial charge is 0.290 e. The van der Waals surface area contributed by atoms with E-state index in [-0.39, 0.29) is 16.7 Å². The van der Waals surface area contributed by atoms with Crippen LogP contribution in [0.1, 0.15) is 54.3 Å². The highest BCUT2D eigenvalue weighted by atomic mass is 79.9. The lowest BCUT2D eigenvalue weighted by molar-refractivity contribution is 0.0637. The summed E-state index contributed by atoms with van der Waals surface area (Å²) in [6.45, 7) is 6.87. The van der Waals surface area contributed by atoms with Crippen molar-refractivity contribution in [2.24, 2.45) is 0 Å². The number of aromatic nitrogens is 2. The van der Waals surface area contributed by atoms with E-state index in [0.29, 0.717) is 5.82 Å². The molecule has 1 atom stereocenters. The van der Waals surface area contributed by atoms with Gasteiger partial charge in [0.2, 0.25) is 0 Å². The second-order valence-corrected chi connectivity index (χ2v) is 10.4. The van der Waals surface area contributed by atoms with Crippen molar-refractivity contribution in [3.05, 3.63) is 45.2 Å². The number of thioether (sulfide) groups is 1. The predicted octanol–water partition coefficient (Wildman–Crippen LogP) is 5.44. The van der Waals surface area contributed by atoms with Gasteiger partial charge in [-0.15, -0.1) is 11.8 Å². The molecule has 0 bridgehead atoms. The number of hydrogen-bond donors (Lipinski definition) is 0. The fourth-order valence-electron chi connectivity index (χ4n) is 3.79. The summed E-state index contributed by atoms with van der Waals surface area (Å²) in [5.41, 5.74) is 4.18. The van der Waals surface area contributed by atoms with Gasteiger partial charge in [-0.05, 0) is 72.6 Å². The summed E-state index contributed by atoms with van der Waals surface area (Å²) in [6, 6.07) is 4.21. The molecule has 3 heterocycles. The van der Waals surface area contributed by atoms with E-state index in [1.165, 1.54) is 5.56 Å². The zero-order chi connectivity index (χ0) is 20.9. The number of aryl methyl sites for hydroxylation is 1. The van der Waals surface area contributed by atoms with Gasteiger partial charge in [0.25, 0.3) is 5.91 Å². The van der Waals surface area contributed by atoms with Gasteiger partial charge in [0, 0.05) is 24.7 Å². The third-order valence-corrected chi connectivity index (χ3v) is 7.44. The molecule has 1 unspecified atom stereocenters. The van der Waals surface area contributed by atoms with E-state index in [0.717, 1.165) is 46.6 Å². The largest absolute Gasteiger partial charge is 0.496 e. The molecule has 154 valence electrons.